The molecule has 1 N–H and O–H groups in total. The normalized spacial score (nSPS) is 17.3. The molecular formula is C35H30N2NaO7S2-. The van der Waals surface area contributed by atoms with Crippen LogP contribution in [0.25, 0.3) is 33.4 Å². The van der Waals surface area contributed by atoms with Crippen LogP contribution in [0.2, 0.25) is 0 Å². The third-order valence-corrected chi connectivity index (χ3v) is 9.95. The number of anilines is 2. The van der Waals surface area contributed by atoms with Gasteiger partial charge >= 0.3 is 29.6 Å². The van der Waals surface area contributed by atoms with E-state index in [1.807, 2.05) is 50.2 Å². The first-order chi connectivity index (χ1) is 21.7. The van der Waals surface area contributed by atoms with Crippen molar-refractivity contribution in [3.05, 3.63) is 118 Å². The van der Waals surface area contributed by atoms with E-state index in [-0.39, 0.29) is 50.8 Å². The molecule has 12 heteroatoms. The third kappa shape index (κ3) is 7.02. The van der Waals surface area contributed by atoms with E-state index in [4.69, 9.17) is 9.41 Å². The van der Waals surface area contributed by atoms with Gasteiger partial charge in [-0.2, -0.15) is 0 Å². The van der Waals surface area contributed by atoms with Gasteiger partial charge in [0, 0.05) is 51.5 Å². The molecule has 1 heterocycles. The van der Waals surface area contributed by atoms with Gasteiger partial charge in [0.15, 0.2) is 0 Å². The second-order valence-corrected chi connectivity index (χ2v) is 14.3. The molecule has 47 heavy (non-hydrogen) atoms. The van der Waals surface area contributed by atoms with Crippen LogP contribution in [0.4, 0.5) is 11.4 Å². The summed E-state index contributed by atoms with van der Waals surface area (Å²) in [5.74, 6) is 0.0331. The zero-order chi connectivity index (χ0) is 33.0. The molecule has 1 aliphatic heterocycles. The molecule has 0 aromatic heterocycles. The van der Waals surface area contributed by atoms with Gasteiger partial charge in [0.05, 0.1) is 21.2 Å². The molecule has 0 saturated carbocycles. The molecule has 3 aromatic rings. The minimum absolute atomic E-state index is 0. The van der Waals surface area contributed by atoms with E-state index in [0.717, 1.165) is 22.5 Å². The fourth-order valence-electron chi connectivity index (χ4n) is 6.03. The van der Waals surface area contributed by atoms with Gasteiger partial charge in [-0.3, -0.25) is 4.99 Å². The largest absolute Gasteiger partial charge is 1.00 e. The first-order valence-electron chi connectivity index (χ1n) is 14.5. The summed E-state index contributed by atoms with van der Waals surface area (Å²) in [4.78, 5) is 4.23. The van der Waals surface area contributed by atoms with E-state index in [9.17, 15) is 25.9 Å². The van der Waals surface area contributed by atoms with Crippen LogP contribution >= 0.6 is 0 Å². The number of hydrogen-bond donors (Lipinski definition) is 1. The SMILES string of the molecule is CC1=CC(S(=O)(=O)[O-])=CC(C)C1N=c1ccc2c(-c3ccccc3S(=O)(=O)[O-])c3ccc(Nc4c(C)cccc4C)cc3oc-2c1.[Na+]. The number of allylic oxidation sites excluding steroid dienone is 1. The van der Waals surface area contributed by atoms with Gasteiger partial charge in [-0.1, -0.05) is 49.4 Å². The summed E-state index contributed by atoms with van der Waals surface area (Å²) in [6.45, 7) is 7.54. The molecular weight excluding hydrogens is 648 g/mol. The second-order valence-electron chi connectivity index (χ2n) is 11.6. The summed E-state index contributed by atoms with van der Waals surface area (Å²) >= 11 is 0. The molecule has 0 bridgehead atoms. The van der Waals surface area contributed by atoms with Crippen molar-refractivity contribution in [2.45, 2.75) is 38.6 Å². The number of benzene rings is 4. The second kappa shape index (κ2) is 13.2. The summed E-state index contributed by atoms with van der Waals surface area (Å²) in [5, 5.41) is 4.60. The monoisotopic (exact) mass is 677 g/mol. The van der Waals surface area contributed by atoms with E-state index < -0.39 is 26.3 Å². The number of aryl methyl sites for hydroxylation is 2. The number of hydrogen-bond acceptors (Lipinski definition) is 9. The average Bonchev–Trinajstić information content (AvgIpc) is 2.98. The van der Waals surface area contributed by atoms with Crippen molar-refractivity contribution >= 4 is 42.6 Å². The van der Waals surface area contributed by atoms with Gasteiger partial charge < -0.3 is 18.8 Å². The van der Waals surface area contributed by atoms with Crippen LogP contribution in [0.1, 0.15) is 25.0 Å². The van der Waals surface area contributed by atoms with Crippen LogP contribution in [0.3, 0.4) is 0 Å². The van der Waals surface area contributed by atoms with Gasteiger partial charge in [0.2, 0.25) is 0 Å². The molecule has 2 atom stereocenters. The number of para-hydroxylation sites is 1. The Hall–Kier alpha value is -3.55. The first kappa shape index (κ1) is 34.8. The molecule has 2 aliphatic carbocycles. The Labute approximate surface area is 295 Å². The van der Waals surface area contributed by atoms with Gasteiger partial charge in [-0.05, 0) is 73.9 Å². The summed E-state index contributed by atoms with van der Waals surface area (Å²) < 4.78 is 78.4. The predicted octanol–water partition coefficient (Wildman–Crippen LogP) is 3.77. The zero-order valence-electron chi connectivity index (χ0n) is 26.4. The quantitative estimate of drug-likeness (QED) is 0.162. The van der Waals surface area contributed by atoms with Gasteiger partial charge in [0.25, 0.3) is 0 Å². The van der Waals surface area contributed by atoms with Crippen LogP contribution < -0.4 is 40.2 Å². The minimum Gasteiger partial charge on any atom is -0.744 e. The number of nitrogens with zero attached hydrogens (tertiary/aromatic N) is 1. The van der Waals surface area contributed by atoms with E-state index >= 15 is 0 Å². The maximum absolute atomic E-state index is 12.4. The maximum atomic E-state index is 12.4. The van der Waals surface area contributed by atoms with Crippen LogP contribution in [-0.2, 0) is 20.2 Å². The van der Waals surface area contributed by atoms with Crippen molar-refractivity contribution in [2.75, 3.05) is 5.32 Å². The number of fused-ring (bicyclic) bond motifs is 2. The van der Waals surface area contributed by atoms with Crippen molar-refractivity contribution in [3.8, 4) is 22.5 Å². The van der Waals surface area contributed by atoms with Crippen molar-refractivity contribution in [1.29, 1.82) is 0 Å². The number of nitrogens with one attached hydrogen (secondary N) is 1. The molecule has 2 unspecified atom stereocenters. The fraction of sp³-hybridized carbons (Fsp3) is 0.171. The molecule has 0 fully saturated rings. The number of rotatable bonds is 6. The van der Waals surface area contributed by atoms with Crippen LogP contribution in [-0.4, -0.2) is 32.0 Å². The van der Waals surface area contributed by atoms with Gasteiger partial charge in [-0.15, -0.1) is 0 Å². The van der Waals surface area contributed by atoms with Gasteiger partial charge in [-0.25, -0.2) is 16.8 Å². The fourth-order valence-corrected chi connectivity index (χ4v) is 7.43. The topological polar surface area (TPSA) is 152 Å². The smallest absolute Gasteiger partial charge is 0.744 e. The Balaban J connectivity index is 0.00000433. The average molecular weight is 678 g/mol. The summed E-state index contributed by atoms with van der Waals surface area (Å²) in [7, 11) is -9.42. The Kier molecular flexibility index (Phi) is 9.74. The Morgan fingerprint density at radius 3 is 2.17 bits per heavy atom. The van der Waals surface area contributed by atoms with E-state index in [0.29, 0.717) is 38.8 Å². The summed E-state index contributed by atoms with van der Waals surface area (Å²) in [5.41, 5.74) is 6.24. The Morgan fingerprint density at radius 1 is 0.809 bits per heavy atom. The molecule has 9 nitrogen and oxygen atoms in total. The maximum Gasteiger partial charge on any atom is 1.00 e. The molecule has 0 saturated heterocycles. The Morgan fingerprint density at radius 2 is 1.51 bits per heavy atom. The first-order valence-corrected chi connectivity index (χ1v) is 17.3. The van der Waals surface area contributed by atoms with Crippen molar-refractivity contribution in [1.82, 2.24) is 0 Å². The van der Waals surface area contributed by atoms with E-state index in [2.05, 4.69) is 5.32 Å². The molecule has 6 rings (SSSR count). The minimum atomic E-state index is -4.82. The summed E-state index contributed by atoms with van der Waals surface area (Å²) in [6.07, 6.45) is 2.75. The van der Waals surface area contributed by atoms with Crippen molar-refractivity contribution < 1.29 is 59.9 Å². The van der Waals surface area contributed by atoms with E-state index in [1.165, 1.54) is 24.3 Å². The van der Waals surface area contributed by atoms with Crippen molar-refractivity contribution in [3.63, 3.8) is 0 Å². The molecule has 0 amide bonds. The molecule has 3 aliphatic rings. The standard InChI is InChI=1S/C35H32N2O7S2.Na/c1-20-8-7-9-21(2)34(20)36-24-12-14-27-30(18-24)44-31-19-25(37-35-22(3)16-26(17-23(35)4)45(38,39)40)13-15-28(31)33(27)29-10-5-6-11-32(29)46(41,42)43;/h5-19,22,35-36H,1-4H3,(H,38,39,40)(H,41,42,43);/q;+1/p-2. The van der Waals surface area contributed by atoms with Crippen LogP contribution in [0.15, 0.2) is 116 Å². The predicted molar refractivity (Wildman–Crippen MR) is 175 cm³/mol. The van der Waals surface area contributed by atoms with Crippen LogP contribution in [0.5, 0.6) is 0 Å². The third-order valence-electron chi connectivity index (χ3n) is 8.22. The Bertz CT molecular complexity index is 2340. The van der Waals surface area contributed by atoms with Gasteiger partial charge in [0.1, 0.15) is 31.6 Å². The van der Waals surface area contributed by atoms with E-state index in [1.54, 1.807) is 44.2 Å². The van der Waals surface area contributed by atoms with Crippen LogP contribution in [0, 0.1) is 19.8 Å². The molecule has 0 radical (unpaired) electrons. The molecule has 236 valence electrons. The zero-order valence-corrected chi connectivity index (χ0v) is 30.1. The summed E-state index contributed by atoms with van der Waals surface area (Å²) in [6, 6.07) is 22.4. The van der Waals surface area contributed by atoms with Crippen molar-refractivity contribution in [2.24, 2.45) is 10.9 Å². The molecule has 0 spiro atoms. The molecule has 3 aromatic carbocycles.